The zero-order valence-corrected chi connectivity index (χ0v) is 35.3. The summed E-state index contributed by atoms with van der Waals surface area (Å²) in [6, 6.07) is -4.80. The molecule has 378 valence electrons. The van der Waals surface area contributed by atoms with E-state index in [4.69, 9.17) is 37.9 Å². The van der Waals surface area contributed by atoms with Crippen LogP contribution in [0.4, 0.5) is 0 Å². The highest BCUT2D eigenvalue weighted by Crippen LogP contribution is 2.34. The lowest BCUT2D eigenvalue weighted by Crippen LogP contribution is -2.69. The van der Waals surface area contributed by atoms with Crippen molar-refractivity contribution >= 4 is 17.7 Å². The van der Waals surface area contributed by atoms with Crippen molar-refractivity contribution in [2.45, 2.75) is 168 Å². The molecule has 4 fully saturated rings. The number of ether oxygens (including phenoxy) is 8. The Morgan fingerprint density at radius 1 is 0.492 bits per heavy atom. The number of hydrogen-bond donors (Lipinski definition) is 18. The fourth-order valence-electron chi connectivity index (χ4n) is 7.74. The zero-order chi connectivity index (χ0) is 48.6. The van der Waals surface area contributed by atoms with Gasteiger partial charge < -0.3 is 130 Å². The van der Waals surface area contributed by atoms with Crippen LogP contribution in [-0.2, 0) is 52.3 Å². The molecule has 24 atom stereocenters. The van der Waals surface area contributed by atoms with Crippen LogP contribution < -0.4 is 16.0 Å². The minimum Gasteiger partial charge on any atom is -0.394 e. The van der Waals surface area contributed by atoms with Crippen molar-refractivity contribution in [1.82, 2.24) is 16.0 Å². The molecule has 0 unspecified atom stereocenters. The zero-order valence-electron chi connectivity index (χ0n) is 35.3. The maximum atomic E-state index is 12.5. The van der Waals surface area contributed by atoms with Crippen LogP contribution in [0.15, 0.2) is 0 Å². The van der Waals surface area contributed by atoms with Crippen molar-refractivity contribution in [1.29, 1.82) is 0 Å². The largest absolute Gasteiger partial charge is 0.394 e. The van der Waals surface area contributed by atoms with Crippen molar-refractivity contribution in [2.24, 2.45) is 0 Å². The number of amides is 3. The van der Waals surface area contributed by atoms with Gasteiger partial charge in [0, 0.05) is 20.8 Å². The van der Waals surface area contributed by atoms with Gasteiger partial charge in [0.2, 0.25) is 17.7 Å². The quantitative estimate of drug-likeness (QED) is 0.0539. The van der Waals surface area contributed by atoms with E-state index in [9.17, 15) is 91.0 Å². The third kappa shape index (κ3) is 13.2. The summed E-state index contributed by atoms with van der Waals surface area (Å²) in [7, 11) is 0. The van der Waals surface area contributed by atoms with Gasteiger partial charge in [-0.2, -0.15) is 0 Å². The molecule has 0 aromatic heterocycles. The standard InChI is InChI=1S/C36H63N3O26/c1-10(45)37-19-26(54)23(51)15(6-42)59-34(19)64-31-17(8-44)61-33(21(28(31)56)39-12(3)47)58-9-18-25(53)32(65-35-20(38-11(2)46)27(55)24(52)16(7-43)60-35)29(57)36(62-18)63-30(14(49)5-41)22(50)13(48)4-40/h13-36,40-44,48-57H,4-9H2,1-3H3,(H,37,45)(H,38,46)(H,39,47)/t13-,14+,15+,16+,17+,18+,19+,20+,21+,22+,23-,24+,25-,26+,27+,28+,29+,30+,31+,32-,33+,34-,35-,36-/m0/s1. The van der Waals surface area contributed by atoms with Gasteiger partial charge in [-0.25, -0.2) is 0 Å². The Hall–Kier alpha value is -2.51. The maximum absolute atomic E-state index is 12.5. The van der Waals surface area contributed by atoms with E-state index >= 15 is 0 Å². The third-order valence-electron chi connectivity index (χ3n) is 11.1. The summed E-state index contributed by atoms with van der Waals surface area (Å²) < 4.78 is 46.1. The Bertz CT molecular complexity index is 1510. The Kier molecular flexibility index (Phi) is 20.9. The number of aliphatic hydroxyl groups excluding tert-OH is 15. The molecule has 4 rings (SSSR count). The van der Waals surface area contributed by atoms with Crippen LogP contribution in [0.3, 0.4) is 0 Å². The molecule has 0 bridgehead atoms. The Labute approximate surface area is 369 Å². The molecule has 4 aliphatic heterocycles. The first-order chi connectivity index (χ1) is 30.6. The first-order valence-electron chi connectivity index (χ1n) is 20.5. The van der Waals surface area contributed by atoms with Crippen molar-refractivity contribution in [2.75, 3.05) is 39.6 Å². The number of nitrogens with one attached hydrogen (secondary N) is 3. The highest BCUT2D eigenvalue weighted by atomic mass is 16.8. The SMILES string of the molecule is CC(=O)N[C@H]1[C@H](OC[C@H]2O[C@@H](O[C@@H]([C@H](O)[C@@H](O)CO)[C@H](O)CO)[C@H](O)[C@@H](O[C@@H]3O[C@H](CO)[C@@H](O)[C@H](O)[C@H]3NC(C)=O)[C@H]2O)O[C@H](CO)[C@@H](O[C@@H]2O[C@H](CO)[C@H](O)[C@H](O)[C@H]2NC(C)=O)[C@@H]1O. The highest BCUT2D eigenvalue weighted by Gasteiger charge is 2.55. The molecule has 4 saturated heterocycles. The normalized spacial score (nSPS) is 42.0. The van der Waals surface area contributed by atoms with Crippen LogP contribution in [-0.4, -0.2) is 281 Å². The van der Waals surface area contributed by atoms with E-state index in [2.05, 4.69) is 16.0 Å². The number of aliphatic hydroxyl groups is 15. The van der Waals surface area contributed by atoms with Gasteiger partial charge in [0.1, 0.15) is 122 Å². The lowest BCUT2D eigenvalue weighted by Gasteiger charge is -2.49. The van der Waals surface area contributed by atoms with Gasteiger partial charge >= 0.3 is 0 Å². The molecule has 0 aromatic rings. The minimum atomic E-state index is -2.23. The second-order valence-electron chi connectivity index (χ2n) is 16.0. The molecule has 4 heterocycles. The average Bonchev–Trinajstić information content (AvgIpc) is 3.26. The summed E-state index contributed by atoms with van der Waals surface area (Å²) in [5.41, 5.74) is 0. The molecule has 29 nitrogen and oxygen atoms in total. The summed E-state index contributed by atoms with van der Waals surface area (Å²) in [5.74, 6) is -2.28. The van der Waals surface area contributed by atoms with Crippen molar-refractivity contribution in [3.63, 3.8) is 0 Å². The van der Waals surface area contributed by atoms with Crippen molar-refractivity contribution in [3.05, 3.63) is 0 Å². The molecule has 4 aliphatic rings. The molecule has 0 radical (unpaired) electrons. The summed E-state index contributed by atoms with van der Waals surface area (Å²) in [6.07, 6.45) is -39.4. The van der Waals surface area contributed by atoms with Crippen LogP contribution in [0.1, 0.15) is 20.8 Å². The number of carbonyl (C=O) groups excluding carboxylic acids is 3. The van der Waals surface area contributed by atoms with Gasteiger partial charge in [-0.1, -0.05) is 0 Å². The van der Waals surface area contributed by atoms with Crippen LogP contribution >= 0.6 is 0 Å². The van der Waals surface area contributed by atoms with Crippen LogP contribution in [0.25, 0.3) is 0 Å². The fraction of sp³-hybridized carbons (Fsp3) is 0.917. The topological polar surface area (TPSA) is 465 Å². The van der Waals surface area contributed by atoms with Crippen molar-refractivity contribution in [3.8, 4) is 0 Å². The number of carbonyl (C=O) groups is 3. The molecule has 0 saturated carbocycles. The Balaban J connectivity index is 1.66. The molecule has 29 heteroatoms. The first-order valence-corrected chi connectivity index (χ1v) is 20.5. The van der Waals surface area contributed by atoms with Crippen LogP contribution in [0, 0.1) is 0 Å². The Morgan fingerprint density at radius 2 is 0.908 bits per heavy atom. The summed E-state index contributed by atoms with van der Waals surface area (Å²) in [4.78, 5) is 36.6. The summed E-state index contributed by atoms with van der Waals surface area (Å²) >= 11 is 0. The van der Waals surface area contributed by atoms with E-state index < -0.39 is 204 Å². The number of rotatable bonds is 20. The molecular formula is C36H63N3O26. The van der Waals surface area contributed by atoms with Gasteiger partial charge in [-0.3, -0.25) is 14.4 Å². The van der Waals surface area contributed by atoms with Gasteiger partial charge in [0.05, 0.1) is 39.6 Å². The van der Waals surface area contributed by atoms with E-state index in [1.165, 1.54) is 0 Å². The van der Waals surface area contributed by atoms with Gasteiger partial charge in [-0.05, 0) is 0 Å². The first kappa shape index (κ1) is 55.1. The summed E-state index contributed by atoms with van der Waals surface area (Å²) in [5, 5.41) is 165. The molecule has 0 aromatic carbocycles. The van der Waals surface area contributed by atoms with E-state index in [1.807, 2.05) is 0 Å². The van der Waals surface area contributed by atoms with Crippen LogP contribution in [0.2, 0.25) is 0 Å². The van der Waals surface area contributed by atoms with E-state index in [0.29, 0.717) is 0 Å². The average molecular weight is 954 g/mol. The Morgan fingerprint density at radius 3 is 1.34 bits per heavy atom. The second kappa shape index (κ2) is 24.7. The lowest BCUT2D eigenvalue weighted by atomic mass is 9.94. The minimum absolute atomic E-state index is 0.715. The predicted octanol–water partition coefficient (Wildman–Crippen LogP) is -11.9. The highest BCUT2D eigenvalue weighted by molar-refractivity contribution is 5.74. The van der Waals surface area contributed by atoms with Gasteiger partial charge in [0.15, 0.2) is 25.2 Å². The monoisotopic (exact) mass is 953 g/mol. The van der Waals surface area contributed by atoms with Crippen LogP contribution in [0.5, 0.6) is 0 Å². The van der Waals surface area contributed by atoms with Crippen molar-refractivity contribution < 1.29 is 129 Å². The third-order valence-corrected chi connectivity index (χ3v) is 11.1. The summed E-state index contributed by atoms with van der Waals surface area (Å²) in [6.45, 7) is -2.66. The molecule has 0 aliphatic carbocycles. The van der Waals surface area contributed by atoms with E-state index in [1.54, 1.807) is 0 Å². The smallest absolute Gasteiger partial charge is 0.217 e. The number of hydrogen-bond acceptors (Lipinski definition) is 26. The van der Waals surface area contributed by atoms with E-state index in [-0.39, 0.29) is 0 Å². The predicted molar refractivity (Wildman–Crippen MR) is 204 cm³/mol. The lowest BCUT2D eigenvalue weighted by molar-refractivity contribution is -0.367. The maximum Gasteiger partial charge on any atom is 0.217 e. The van der Waals surface area contributed by atoms with E-state index in [0.717, 1.165) is 20.8 Å². The fourth-order valence-corrected chi connectivity index (χ4v) is 7.74. The van der Waals surface area contributed by atoms with Gasteiger partial charge in [0.25, 0.3) is 0 Å². The molecular weight excluding hydrogens is 890 g/mol. The second-order valence-corrected chi connectivity index (χ2v) is 16.0. The molecule has 3 amide bonds. The molecule has 18 N–H and O–H groups in total. The molecule has 0 spiro atoms. The van der Waals surface area contributed by atoms with Gasteiger partial charge in [-0.15, -0.1) is 0 Å². The molecule has 65 heavy (non-hydrogen) atoms.